The van der Waals surface area contributed by atoms with Crippen molar-refractivity contribution in [2.45, 2.75) is 39.0 Å². The number of carbonyl (C=O) groups is 3. The second-order valence-electron chi connectivity index (χ2n) is 10.4. The van der Waals surface area contributed by atoms with Crippen molar-refractivity contribution in [2.24, 2.45) is 5.92 Å². The Morgan fingerprint density at radius 3 is 2.44 bits per heavy atom. The van der Waals surface area contributed by atoms with Gasteiger partial charge >= 0.3 is 6.18 Å². The number of ether oxygens (including phenoxy) is 2. The third-order valence-corrected chi connectivity index (χ3v) is 6.82. The first kappa shape index (κ1) is 31.3. The Hall–Kier alpha value is -4.68. The monoisotopic (exact) mass is 599 g/mol. The molecule has 1 atom stereocenters. The number of nitrogens with zero attached hydrogens (tertiary/aromatic N) is 3. The lowest BCUT2D eigenvalue weighted by Gasteiger charge is -2.25. The first-order valence-corrected chi connectivity index (χ1v) is 13.5. The zero-order valence-electron chi connectivity index (χ0n) is 24.1. The molecule has 2 aromatic heterocycles. The van der Waals surface area contributed by atoms with Crippen LogP contribution in [0.25, 0.3) is 11.1 Å². The number of halogens is 3. The van der Waals surface area contributed by atoms with Crippen LogP contribution in [0.4, 0.5) is 13.2 Å². The lowest BCUT2D eigenvalue weighted by Crippen LogP contribution is -2.49. The number of hydrogen-bond acceptors (Lipinski definition) is 7. The van der Waals surface area contributed by atoms with Crippen LogP contribution < -0.4 is 20.1 Å². The summed E-state index contributed by atoms with van der Waals surface area (Å²) in [6, 6.07) is 6.00. The third-order valence-electron chi connectivity index (χ3n) is 6.82. The fraction of sp³-hybridized carbons (Fsp3) is 0.367. The minimum atomic E-state index is -4.65. The van der Waals surface area contributed by atoms with E-state index in [1.54, 1.807) is 24.4 Å². The highest BCUT2D eigenvalue weighted by Gasteiger charge is 2.33. The van der Waals surface area contributed by atoms with Gasteiger partial charge in [0.05, 0.1) is 25.3 Å². The summed E-state index contributed by atoms with van der Waals surface area (Å²) < 4.78 is 50.4. The molecule has 0 saturated carbocycles. The number of carbonyl (C=O) groups excluding carboxylic acids is 3. The molecule has 0 radical (unpaired) electrons. The van der Waals surface area contributed by atoms with Crippen molar-refractivity contribution >= 4 is 17.7 Å². The van der Waals surface area contributed by atoms with E-state index in [1.807, 2.05) is 13.8 Å². The van der Waals surface area contributed by atoms with Crippen molar-refractivity contribution in [3.8, 4) is 22.6 Å². The van der Waals surface area contributed by atoms with Crippen LogP contribution in [0.5, 0.6) is 11.5 Å². The summed E-state index contributed by atoms with van der Waals surface area (Å²) >= 11 is 0. The molecule has 0 aliphatic carbocycles. The number of nitrogens with one attached hydrogen (secondary N) is 2. The molecule has 43 heavy (non-hydrogen) atoms. The van der Waals surface area contributed by atoms with E-state index in [4.69, 9.17) is 9.47 Å². The number of benzene rings is 1. The maximum atomic E-state index is 13.6. The van der Waals surface area contributed by atoms with Gasteiger partial charge in [0.25, 0.3) is 11.8 Å². The van der Waals surface area contributed by atoms with Gasteiger partial charge in [0.15, 0.2) is 11.5 Å². The van der Waals surface area contributed by atoms with E-state index >= 15 is 0 Å². The first-order valence-electron chi connectivity index (χ1n) is 13.5. The predicted molar refractivity (Wildman–Crippen MR) is 150 cm³/mol. The van der Waals surface area contributed by atoms with Crippen LogP contribution in [0.1, 0.15) is 52.2 Å². The predicted octanol–water partition coefficient (Wildman–Crippen LogP) is 4.10. The van der Waals surface area contributed by atoms with Crippen molar-refractivity contribution in [3.63, 3.8) is 0 Å². The third kappa shape index (κ3) is 7.40. The van der Waals surface area contributed by atoms with Gasteiger partial charge in [-0.3, -0.25) is 24.4 Å². The highest BCUT2D eigenvalue weighted by molar-refractivity contribution is 5.98. The number of amides is 3. The summed E-state index contributed by atoms with van der Waals surface area (Å²) in [5.74, 6) is -0.720. The Bertz CT molecular complexity index is 1490. The van der Waals surface area contributed by atoms with E-state index in [2.05, 4.69) is 20.6 Å². The minimum Gasteiger partial charge on any atom is -0.493 e. The molecule has 13 heteroatoms. The quantitative estimate of drug-likeness (QED) is 0.453. The number of hydrogen-bond donors (Lipinski definition) is 2. The lowest BCUT2D eigenvalue weighted by atomic mass is 10.00. The average Bonchev–Trinajstić information content (AvgIpc) is 2.98. The molecule has 1 aliphatic heterocycles. The molecule has 10 nitrogen and oxygen atoms in total. The van der Waals surface area contributed by atoms with Crippen molar-refractivity contribution in [1.29, 1.82) is 0 Å². The van der Waals surface area contributed by atoms with Gasteiger partial charge < -0.3 is 25.0 Å². The topological polar surface area (TPSA) is 123 Å². The molecule has 0 spiro atoms. The molecule has 4 rings (SSSR count). The van der Waals surface area contributed by atoms with E-state index in [0.29, 0.717) is 34.6 Å². The summed E-state index contributed by atoms with van der Waals surface area (Å²) in [5.41, 5.74) is 0.702. The largest absolute Gasteiger partial charge is 0.493 e. The van der Waals surface area contributed by atoms with Gasteiger partial charge in [-0.05, 0) is 48.2 Å². The molecule has 0 saturated heterocycles. The van der Waals surface area contributed by atoms with Crippen LogP contribution in [0.3, 0.4) is 0 Å². The van der Waals surface area contributed by atoms with Crippen molar-refractivity contribution in [3.05, 3.63) is 71.3 Å². The van der Waals surface area contributed by atoms with Gasteiger partial charge in [0, 0.05) is 49.4 Å². The minimum absolute atomic E-state index is 0.00278. The van der Waals surface area contributed by atoms with Gasteiger partial charge in [0.1, 0.15) is 11.7 Å². The standard InChI is InChI=1S/C30H32F3N5O5/c1-17(2)9-23-28(40)35-7-8-38(29(41)19-5-6-25(36-15-19)30(31,32)33)16-18-10-22(26(43-4)24(11-18)42-3)20-12-21(14-34-13-20)27(39)37-23/h5-6,10-15,17,23H,7-9,16H2,1-4H3,(H,35,40)(H,37,39)/t23-/m1/s1. The van der Waals surface area contributed by atoms with E-state index in [-0.39, 0.29) is 36.7 Å². The summed E-state index contributed by atoms with van der Waals surface area (Å²) in [5, 5.41) is 5.56. The Labute approximate surface area is 246 Å². The molecule has 1 aromatic carbocycles. The molecule has 2 N–H and O–H groups in total. The van der Waals surface area contributed by atoms with Crippen LogP contribution in [0.2, 0.25) is 0 Å². The summed E-state index contributed by atoms with van der Waals surface area (Å²) in [6.45, 7) is 3.86. The SMILES string of the molecule is COc1cc2cc(c1OC)-c1cncc(c1)C(=O)N[C@H](CC(C)C)C(=O)NCCN(C(=O)c1ccc(C(F)(F)F)nc1)C2. The Balaban J connectivity index is 1.81. The van der Waals surface area contributed by atoms with Crippen LogP contribution in [0.15, 0.2) is 48.9 Å². The number of rotatable bonds is 5. The van der Waals surface area contributed by atoms with Crippen LogP contribution in [0, 0.1) is 5.92 Å². The van der Waals surface area contributed by atoms with Crippen molar-refractivity contribution in [2.75, 3.05) is 27.3 Å². The Kier molecular flexibility index (Phi) is 9.52. The van der Waals surface area contributed by atoms with E-state index < -0.39 is 35.6 Å². The van der Waals surface area contributed by atoms with Gasteiger partial charge in [-0.2, -0.15) is 13.2 Å². The highest BCUT2D eigenvalue weighted by atomic mass is 19.4. The number of alkyl halides is 3. The molecule has 228 valence electrons. The van der Waals surface area contributed by atoms with E-state index in [0.717, 1.165) is 18.3 Å². The fourth-order valence-corrected chi connectivity index (χ4v) is 4.76. The van der Waals surface area contributed by atoms with Gasteiger partial charge in [-0.25, -0.2) is 0 Å². The zero-order chi connectivity index (χ0) is 31.3. The Morgan fingerprint density at radius 1 is 1.07 bits per heavy atom. The molecule has 0 unspecified atom stereocenters. The van der Waals surface area contributed by atoms with Crippen molar-refractivity contribution in [1.82, 2.24) is 25.5 Å². The molecule has 3 amide bonds. The zero-order valence-corrected chi connectivity index (χ0v) is 24.1. The smallest absolute Gasteiger partial charge is 0.433 e. The Morgan fingerprint density at radius 2 is 1.81 bits per heavy atom. The number of aromatic nitrogens is 2. The average molecular weight is 600 g/mol. The number of fused-ring (bicyclic) bond motifs is 5. The molecule has 4 bridgehead atoms. The second kappa shape index (κ2) is 13.1. The van der Waals surface area contributed by atoms with Gasteiger partial charge in [-0.1, -0.05) is 13.8 Å². The summed E-state index contributed by atoms with van der Waals surface area (Å²) in [4.78, 5) is 49.0. The second-order valence-corrected chi connectivity index (χ2v) is 10.4. The number of methoxy groups -OCH3 is 2. The van der Waals surface area contributed by atoms with E-state index in [9.17, 15) is 27.6 Å². The summed E-state index contributed by atoms with van der Waals surface area (Å²) in [7, 11) is 2.92. The first-order chi connectivity index (χ1) is 20.4. The maximum Gasteiger partial charge on any atom is 0.433 e. The fourth-order valence-electron chi connectivity index (χ4n) is 4.76. The van der Waals surface area contributed by atoms with Gasteiger partial charge in [0.2, 0.25) is 5.91 Å². The van der Waals surface area contributed by atoms with Crippen LogP contribution >= 0.6 is 0 Å². The molecule has 0 fully saturated rings. The molecule has 3 aromatic rings. The highest BCUT2D eigenvalue weighted by Crippen LogP contribution is 2.40. The molecular weight excluding hydrogens is 567 g/mol. The number of pyridine rings is 2. The van der Waals surface area contributed by atoms with Gasteiger partial charge in [-0.15, -0.1) is 0 Å². The summed E-state index contributed by atoms with van der Waals surface area (Å²) in [6.07, 6.45) is -0.473. The molecule has 1 aliphatic rings. The van der Waals surface area contributed by atoms with Crippen molar-refractivity contribution < 1.29 is 37.0 Å². The lowest BCUT2D eigenvalue weighted by molar-refractivity contribution is -0.141. The van der Waals surface area contributed by atoms with E-state index in [1.165, 1.54) is 25.3 Å². The maximum absolute atomic E-state index is 13.6. The molecule has 3 heterocycles. The van der Waals surface area contributed by atoms with Crippen LogP contribution in [-0.4, -0.2) is 65.9 Å². The molecular formula is C30H32F3N5O5. The van der Waals surface area contributed by atoms with Crippen LogP contribution in [-0.2, 0) is 17.5 Å². The normalized spacial score (nSPS) is 16.1.